The third kappa shape index (κ3) is 2.30. The number of ketones is 1. The molecule has 0 saturated carbocycles. The van der Waals surface area contributed by atoms with Crippen LogP contribution in [0.15, 0.2) is 45.6 Å². The average Bonchev–Trinajstić information content (AvgIpc) is 2.79. The highest BCUT2D eigenvalue weighted by atomic mass is 16.4. The molecule has 0 aliphatic heterocycles. The molecule has 1 heterocycles. The predicted octanol–water partition coefficient (Wildman–Crippen LogP) is 2.68. The molecule has 0 spiro atoms. The third-order valence-corrected chi connectivity index (χ3v) is 3.85. The lowest BCUT2D eigenvalue weighted by atomic mass is 10.0. The number of para-hydroxylation sites is 1. The van der Waals surface area contributed by atoms with Crippen molar-refractivity contribution in [3.63, 3.8) is 0 Å². The lowest BCUT2D eigenvalue weighted by Crippen LogP contribution is -2.20. The Labute approximate surface area is 127 Å². The maximum Gasteiger partial charge on any atom is 0.420 e. The van der Waals surface area contributed by atoms with Crippen molar-refractivity contribution in [1.82, 2.24) is 4.57 Å². The number of aryl methyl sites for hydroxylation is 2. The Morgan fingerprint density at radius 1 is 1.18 bits per heavy atom. The molecule has 5 nitrogen and oxygen atoms in total. The molecule has 0 amide bonds. The van der Waals surface area contributed by atoms with E-state index in [0.717, 1.165) is 11.1 Å². The minimum absolute atomic E-state index is 0.0947. The van der Waals surface area contributed by atoms with Gasteiger partial charge in [0.1, 0.15) is 5.52 Å². The summed E-state index contributed by atoms with van der Waals surface area (Å²) in [5.41, 5.74) is 9.88. The van der Waals surface area contributed by atoms with E-state index in [1.807, 2.05) is 26.0 Å². The van der Waals surface area contributed by atoms with E-state index in [4.69, 9.17) is 10.2 Å². The summed E-state index contributed by atoms with van der Waals surface area (Å²) in [6, 6.07) is 10.5. The van der Waals surface area contributed by atoms with Gasteiger partial charge in [-0.1, -0.05) is 18.2 Å². The van der Waals surface area contributed by atoms with Gasteiger partial charge < -0.3 is 10.2 Å². The van der Waals surface area contributed by atoms with Crippen molar-refractivity contribution >= 4 is 22.6 Å². The molecule has 0 bridgehead atoms. The minimum atomic E-state index is -0.579. The summed E-state index contributed by atoms with van der Waals surface area (Å²) in [5.74, 6) is -0.735. The smallest absolute Gasteiger partial charge is 0.408 e. The number of anilines is 1. The molecule has 0 aliphatic carbocycles. The van der Waals surface area contributed by atoms with Crippen LogP contribution >= 0.6 is 0 Å². The summed E-state index contributed by atoms with van der Waals surface area (Å²) in [6.45, 7) is 3.84. The van der Waals surface area contributed by atoms with E-state index < -0.39 is 5.76 Å². The van der Waals surface area contributed by atoms with Crippen molar-refractivity contribution < 1.29 is 9.21 Å². The Bertz CT molecular complexity index is 935. The van der Waals surface area contributed by atoms with Crippen LogP contribution in [0, 0.1) is 13.8 Å². The number of nitrogen functional groups attached to an aromatic ring is 1. The zero-order valence-corrected chi connectivity index (χ0v) is 12.4. The SMILES string of the molecule is Cc1ccc(C(=O)Cn2c(=O)oc3cccc(N)c32)cc1C. The first-order chi connectivity index (χ1) is 10.5. The molecule has 0 atom stereocenters. The van der Waals surface area contributed by atoms with Crippen LogP contribution in [0.3, 0.4) is 0 Å². The van der Waals surface area contributed by atoms with E-state index in [2.05, 4.69) is 0 Å². The number of aromatic nitrogens is 1. The fourth-order valence-corrected chi connectivity index (χ4v) is 2.44. The van der Waals surface area contributed by atoms with Gasteiger partial charge in [-0.3, -0.25) is 9.36 Å². The number of hydrogen-bond donors (Lipinski definition) is 1. The van der Waals surface area contributed by atoms with Crippen molar-refractivity contribution in [1.29, 1.82) is 0 Å². The summed E-state index contributed by atoms with van der Waals surface area (Å²) in [4.78, 5) is 24.4. The number of carbonyl (C=O) groups excluding carboxylic acids is 1. The molecular formula is C17H16N2O3. The van der Waals surface area contributed by atoms with Gasteiger partial charge in [0, 0.05) is 5.56 Å². The number of carbonyl (C=O) groups is 1. The van der Waals surface area contributed by atoms with E-state index in [9.17, 15) is 9.59 Å². The second kappa shape index (κ2) is 5.18. The van der Waals surface area contributed by atoms with Crippen LogP contribution in [0.4, 0.5) is 5.69 Å². The number of Topliss-reactive ketones (excluding diaryl/α,β-unsaturated/α-hetero) is 1. The maximum atomic E-state index is 12.4. The fraction of sp³-hybridized carbons (Fsp3) is 0.176. The van der Waals surface area contributed by atoms with Crippen LogP contribution in [-0.2, 0) is 6.54 Å². The number of nitrogens with two attached hydrogens (primary N) is 1. The van der Waals surface area contributed by atoms with Gasteiger partial charge in [-0.2, -0.15) is 0 Å². The first-order valence-electron chi connectivity index (χ1n) is 6.95. The van der Waals surface area contributed by atoms with E-state index >= 15 is 0 Å². The molecule has 1 aromatic heterocycles. The van der Waals surface area contributed by atoms with Crippen LogP contribution in [0.2, 0.25) is 0 Å². The molecule has 5 heteroatoms. The zero-order valence-electron chi connectivity index (χ0n) is 12.4. The lowest BCUT2D eigenvalue weighted by molar-refractivity contribution is 0.0970. The van der Waals surface area contributed by atoms with Crippen molar-refractivity contribution in [2.24, 2.45) is 0 Å². The number of benzene rings is 2. The normalized spacial score (nSPS) is 11.0. The topological polar surface area (TPSA) is 78.2 Å². The Hall–Kier alpha value is -2.82. The molecule has 0 radical (unpaired) electrons. The Kier molecular flexibility index (Phi) is 3.33. The van der Waals surface area contributed by atoms with Crippen LogP contribution in [0.25, 0.3) is 11.1 Å². The molecule has 0 saturated heterocycles. The number of rotatable bonds is 3. The molecule has 0 aliphatic rings. The first kappa shape index (κ1) is 14.1. The molecule has 3 rings (SSSR count). The molecule has 0 unspecified atom stereocenters. The van der Waals surface area contributed by atoms with Crippen LogP contribution in [0.5, 0.6) is 0 Å². The highest BCUT2D eigenvalue weighted by Gasteiger charge is 2.16. The van der Waals surface area contributed by atoms with Gasteiger partial charge in [0.2, 0.25) is 0 Å². The van der Waals surface area contributed by atoms with Crippen LogP contribution in [0.1, 0.15) is 21.5 Å². The Balaban J connectivity index is 2.03. The minimum Gasteiger partial charge on any atom is -0.408 e. The van der Waals surface area contributed by atoms with E-state index in [1.165, 1.54) is 4.57 Å². The van der Waals surface area contributed by atoms with Gasteiger partial charge in [-0.25, -0.2) is 4.79 Å². The maximum absolute atomic E-state index is 12.4. The van der Waals surface area contributed by atoms with Crippen LogP contribution < -0.4 is 11.5 Å². The summed E-state index contributed by atoms with van der Waals surface area (Å²) in [7, 11) is 0. The molecule has 2 N–H and O–H groups in total. The highest BCUT2D eigenvalue weighted by Crippen LogP contribution is 2.20. The average molecular weight is 296 g/mol. The highest BCUT2D eigenvalue weighted by molar-refractivity contribution is 5.97. The van der Waals surface area contributed by atoms with Crippen molar-refractivity contribution in [2.75, 3.05) is 5.73 Å². The number of nitrogens with zero attached hydrogens (tertiary/aromatic N) is 1. The Morgan fingerprint density at radius 2 is 1.95 bits per heavy atom. The number of fused-ring (bicyclic) bond motifs is 1. The zero-order chi connectivity index (χ0) is 15.9. The second-order valence-electron chi connectivity index (χ2n) is 5.37. The van der Waals surface area contributed by atoms with Gasteiger partial charge in [0.15, 0.2) is 11.4 Å². The third-order valence-electron chi connectivity index (χ3n) is 3.85. The van der Waals surface area contributed by atoms with Gasteiger partial charge in [-0.15, -0.1) is 0 Å². The van der Waals surface area contributed by atoms with Gasteiger partial charge in [-0.05, 0) is 43.2 Å². The lowest BCUT2D eigenvalue weighted by Gasteiger charge is -2.06. The van der Waals surface area contributed by atoms with E-state index in [-0.39, 0.29) is 12.3 Å². The molecular weight excluding hydrogens is 280 g/mol. The molecule has 112 valence electrons. The monoisotopic (exact) mass is 296 g/mol. The Morgan fingerprint density at radius 3 is 2.68 bits per heavy atom. The standard InChI is InChI=1S/C17H16N2O3/c1-10-6-7-12(8-11(10)2)14(20)9-19-16-13(18)4-3-5-15(16)22-17(19)21/h3-8H,9,18H2,1-2H3. The molecule has 22 heavy (non-hydrogen) atoms. The van der Waals surface area contributed by atoms with Crippen molar-refractivity contribution in [3.8, 4) is 0 Å². The number of hydrogen-bond acceptors (Lipinski definition) is 4. The quantitative estimate of drug-likeness (QED) is 0.595. The molecule has 2 aromatic carbocycles. The summed E-state index contributed by atoms with van der Waals surface area (Å²) < 4.78 is 6.41. The largest absolute Gasteiger partial charge is 0.420 e. The second-order valence-corrected chi connectivity index (χ2v) is 5.37. The summed E-state index contributed by atoms with van der Waals surface area (Å²) in [6.07, 6.45) is 0. The van der Waals surface area contributed by atoms with E-state index in [1.54, 1.807) is 24.3 Å². The molecule has 3 aromatic rings. The number of oxazole rings is 1. The van der Waals surface area contributed by atoms with Gasteiger partial charge in [0.25, 0.3) is 0 Å². The van der Waals surface area contributed by atoms with E-state index in [0.29, 0.717) is 22.4 Å². The predicted molar refractivity (Wildman–Crippen MR) is 85.1 cm³/mol. The van der Waals surface area contributed by atoms with Crippen LogP contribution in [-0.4, -0.2) is 10.4 Å². The fourth-order valence-electron chi connectivity index (χ4n) is 2.44. The van der Waals surface area contributed by atoms with Gasteiger partial charge in [0.05, 0.1) is 12.2 Å². The van der Waals surface area contributed by atoms with Crippen molar-refractivity contribution in [3.05, 3.63) is 63.6 Å². The molecule has 0 fully saturated rings. The van der Waals surface area contributed by atoms with Gasteiger partial charge >= 0.3 is 5.76 Å². The summed E-state index contributed by atoms with van der Waals surface area (Å²) >= 11 is 0. The summed E-state index contributed by atoms with van der Waals surface area (Å²) in [5, 5.41) is 0. The first-order valence-corrected chi connectivity index (χ1v) is 6.95. The van der Waals surface area contributed by atoms with Crippen molar-refractivity contribution in [2.45, 2.75) is 20.4 Å².